The minimum absolute atomic E-state index is 0.265. The van der Waals surface area contributed by atoms with Gasteiger partial charge in [0.15, 0.2) is 0 Å². The van der Waals surface area contributed by atoms with Crippen LogP contribution in [0.3, 0.4) is 0 Å². The quantitative estimate of drug-likeness (QED) is 0.336. The normalized spacial score (nSPS) is 21.4. The number of carboxylic acids is 1. The predicted molar refractivity (Wildman–Crippen MR) is 90.2 cm³/mol. The molecule has 1 aromatic heterocycles. The summed E-state index contributed by atoms with van der Waals surface area (Å²) in [5, 5.41) is 32.5. The van der Waals surface area contributed by atoms with Gasteiger partial charge in [0.05, 0.1) is 30.6 Å². The smallest absolute Gasteiger partial charge is 0.478 e. The van der Waals surface area contributed by atoms with Crippen LogP contribution in [0.5, 0.6) is 0 Å². The van der Waals surface area contributed by atoms with Crippen LogP contribution in [0.15, 0.2) is 35.7 Å². The van der Waals surface area contributed by atoms with Crippen LogP contribution in [-0.4, -0.2) is 52.9 Å². The highest BCUT2D eigenvalue weighted by molar-refractivity contribution is 7.11. The second-order valence-electron chi connectivity index (χ2n) is 5.18. The fourth-order valence-electron chi connectivity index (χ4n) is 2.31. The number of aliphatic carboxylic acids is 1. The molecule has 2 atom stereocenters. The molecule has 0 radical (unpaired) electrons. The largest absolute Gasteiger partial charge is 0.481 e. The van der Waals surface area contributed by atoms with Crippen molar-refractivity contribution < 1.29 is 29.5 Å². The van der Waals surface area contributed by atoms with Gasteiger partial charge in [-0.15, -0.1) is 11.3 Å². The molecular weight excluding hydrogens is 333 g/mol. The standard InChI is InChI=1S/C15H18BNO6S/c18-7-6-11(12-4-2-8-24-12)15(21)17-13-5-1-3-10(9-14(19)20)23-16(13)22/h1-4,6,8,10,13,18,22H,5,7,9H2,(H,17,21)(H,19,20)/b11-6+/t10-,13+/m1/s1. The number of hydrogen-bond donors (Lipinski definition) is 4. The number of thiophene rings is 1. The fourth-order valence-corrected chi connectivity index (χ4v) is 3.07. The summed E-state index contributed by atoms with van der Waals surface area (Å²) in [7, 11) is -1.33. The lowest BCUT2D eigenvalue weighted by molar-refractivity contribution is -0.138. The number of aliphatic hydroxyl groups excluding tert-OH is 1. The molecule has 7 nitrogen and oxygen atoms in total. The summed E-state index contributed by atoms with van der Waals surface area (Å²) in [6.07, 6.45) is 3.93. The maximum atomic E-state index is 12.4. The molecule has 9 heteroatoms. The van der Waals surface area contributed by atoms with Gasteiger partial charge in [-0.3, -0.25) is 9.59 Å². The van der Waals surface area contributed by atoms with Crippen LogP contribution >= 0.6 is 11.3 Å². The third kappa shape index (κ3) is 5.03. The van der Waals surface area contributed by atoms with E-state index in [1.54, 1.807) is 24.3 Å². The van der Waals surface area contributed by atoms with Crippen LogP contribution in [0.2, 0.25) is 0 Å². The van der Waals surface area contributed by atoms with E-state index in [2.05, 4.69) is 5.32 Å². The van der Waals surface area contributed by atoms with Crippen LogP contribution in [0.25, 0.3) is 5.57 Å². The Bertz CT molecular complexity index is 630. The second-order valence-corrected chi connectivity index (χ2v) is 6.13. The van der Waals surface area contributed by atoms with Gasteiger partial charge in [-0.25, -0.2) is 0 Å². The number of amides is 1. The van der Waals surface area contributed by atoms with Crippen molar-refractivity contribution in [1.29, 1.82) is 0 Å². The Labute approximate surface area is 143 Å². The van der Waals surface area contributed by atoms with Gasteiger partial charge < -0.3 is 25.2 Å². The topological polar surface area (TPSA) is 116 Å². The highest BCUT2D eigenvalue weighted by Crippen LogP contribution is 2.21. The van der Waals surface area contributed by atoms with Crippen molar-refractivity contribution in [2.75, 3.05) is 6.61 Å². The van der Waals surface area contributed by atoms with E-state index >= 15 is 0 Å². The maximum absolute atomic E-state index is 12.4. The highest BCUT2D eigenvalue weighted by Gasteiger charge is 2.33. The molecule has 0 aromatic carbocycles. The van der Waals surface area contributed by atoms with Crippen molar-refractivity contribution in [3.8, 4) is 0 Å². The molecule has 0 fully saturated rings. The molecule has 128 valence electrons. The minimum atomic E-state index is -1.33. The van der Waals surface area contributed by atoms with E-state index < -0.39 is 31.0 Å². The van der Waals surface area contributed by atoms with Crippen LogP contribution in [0.4, 0.5) is 0 Å². The molecule has 0 saturated heterocycles. The summed E-state index contributed by atoms with van der Waals surface area (Å²) in [4.78, 5) is 23.9. The van der Waals surface area contributed by atoms with E-state index in [1.165, 1.54) is 17.4 Å². The van der Waals surface area contributed by atoms with Crippen molar-refractivity contribution in [2.45, 2.75) is 24.9 Å². The van der Waals surface area contributed by atoms with Crippen LogP contribution in [-0.2, 0) is 14.2 Å². The SMILES string of the molecule is O=C(O)C[C@H]1C=CC[C@H](NC(=O)/C(=C/CO)c2cccs2)B(O)O1. The molecule has 1 aliphatic heterocycles. The molecule has 0 unspecified atom stereocenters. The molecule has 1 aromatic rings. The Morgan fingerprint density at radius 2 is 2.29 bits per heavy atom. The third-order valence-electron chi connectivity index (χ3n) is 3.42. The van der Waals surface area contributed by atoms with E-state index in [9.17, 15) is 14.6 Å². The summed E-state index contributed by atoms with van der Waals surface area (Å²) in [5.74, 6) is -2.19. The lowest BCUT2D eigenvalue weighted by Gasteiger charge is -2.20. The van der Waals surface area contributed by atoms with Gasteiger partial charge in [-0.1, -0.05) is 18.2 Å². The Morgan fingerprint density at radius 3 is 2.92 bits per heavy atom. The van der Waals surface area contributed by atoms with Gasteiger partial charge in [-0.2, -0.15) is 0 Å². The van der Waals surface area contributed by atoms with Crippen LogP contribution in [0.1, 0.15) is 17.7 Å². The van der Waals surface area contributed by atoms with Crippen molar-refractivity contribution >= 4 is 35.9 Å². The minimum Gasteiger partial charge on any atom is -0.481 e. The number of rotatable bonds is 6. The van der Waals surface area contributed by atoms with Gasteiger partial charge in [0.1, 0.15) is 0 Å². The molecule has 1 aliphatic rings. The summed E-state index contributed by atoms with van der Waals surface area (Å²) in [6.45, 7) is -0.287. The number of aliphatic hydroxyl groups is 1. The van der Waals surface area contributed by atoms with Crippen molar-refractivity contribution in [2.24, 2.45) is 0 Å². The zero-order valence-electron chi connectivity index (χ0n) is 12.8. The van der Waals surface area contributed by atoms with Crippen LogP contribution < -0.4 is 5.32 Å². The number of carbonyl (C=O) groups is 2. The first-order chi connectivity index (χ1) is 11.5. The van der Waals surface area contributed by atoms with Gasteiger partial charge in [0.25, 0.3) is 5.91 Å². The fraction of sp³-hybridized carbons (Fsp3) is 0.333. The first-order valence-electron chi connectivity index (χ1n) is 7.39. The van der Waals surface area contributed by atoms with Gasteiger partial charge >= 0.3 is 13.1 Å². The Morgan fingerprint density at radius 1 is 1.50 bits per heavy atom. The van der Waals surface area contributed by atoms with E-state index in [0.29, 0.717) is 16.9 Å². The van der Waals surface area contributed by atoms with Gasteiger partial charge in [0.2, 0.25) is 0 Å². The maximum Gasteiger partial charge on any atom is 0.478 e. The molecule has 2 heterocycles. The van der Waals surface area contributed by atoms with Crippen molar-refractivity contribution in [3.05, 3.63) is 40.6 Å². The highest BCUT2D eigenvalue weighted by atomic mass is 32.1. The van der Waals surface area contributed by atoms with E-state index in [1.807, 2.05) is 5.38 Å². The monoisotopic (exact) mass is 351 g/mol. The molecule has 0 saturated carbocycles. The summed E-state index contributed by atoms with van der Waals surface area (Å²) in [6, 6.07) is 3.55. The number of carboxylic acid groups (broad SMARTS) is 1. The average Bonchev–Trinajstić information content (AvgIpc) is 2.98. The molecule has 2 rings (SSSR count). The third-order valence-corrected chi connectivity index (χ3v) is 4.32. The Kier molecular flexibility index (Phi) is 6.74. The predicted octanol–water partition coefficient (Wildman–Crippen LogP) is 0.448. The average molecular weight is 351 g/mol. The first kappa shape index (κ1) is 18.4. The first-order valence-corrected chi connectivity index (χ1v) is 8.27. The zero-order valence-corrected chi connectivity index (χ0v) is 13.6. The molecule has 1 amide bonds. The number of hydrogen-bond acceptors (Lipinski definition) is 6. The second kappa shape index (κ2) is 8.79. The van der Waals surface area contributed by atoms with Crippen LogP contribution in [0, 0.1) is 0 Å². The molecule has 0 spiro atoms. The van der Waals surface area contributed by atoms with E-state index in [0.717, 1.165) is 0 Å². The van der Waals surface area contributed by atoms with Gasteiger partial charge in [0, 0.05) is 4.88 Å². The Hall–Kier alpha value is -1.94. The molecule has 4 N–H and O–H groups in total. The summed E-state index contributed by atoms with van der Waals surface area (Å²) in [5.41, 5.74) is 0.315. The Balaban J connectivity index is 2.04. The molecular formula is C15H18BNO6S. The van der Waals surface area contributed by atoms with Crippen molar-refractivity contribution in [1.82, 2.24) is 5.32 Å². The molecule has 24 heavy (non-hydrogen) atoms. The molecule has 0 aliphatic carbocycles. The van der Waals surface area contributed by atoms with Crippen molar-refractivity contribution in [3.63, 3.8) is 0 Å². The lowest BCUT2D eigenvalue weighted by Crippen LogP contribution is -2.48. The van der Waals surface area contributed by atoms with E-state index in [4.69, 9.17) is 14.9 Å². The van der Waals surface area contributed by atoms with Gasteiger partial charge in [-0.05, 0) is 23.9 Å². The summed E-state index contributed by atoms with van der Waals surface area (Å²) >= 11 is 1.36. The number of nitrogens with one attached hydrogen (secondary N) is 1. The lowest BCUT2D eigenvalue weighted by atomic mass is 9.77. The molecule has 0 bridgehead atoms. The van der Waals surface area contributed by atoms with E-state index in [-0.39, 0.29) is 13.0 Å². The zero-order chi connectivity index (χ0) is 17.5. The number of carbonyl (C=O) groups excluding carboxylic acids is 1. The summed E-state index contributed by atoms with van der Waals surface area (Å²) < 4.78 is 5.27.